The standard InChI is InChI=1S/C50H32N4/c1-2-13-35(14-3-1)48-40-19-6-8-21-42(40)49(43-22-9-7-20-41(43)48)36-16-12-17-37(29-36)50-53-46(34-26-24-33(25-27-34)45-23-10-11-28-52-45)30-47(54-50)44-32-51-31-38-15-4-5-18-39(38)44/h1-32H. The summed E-state index contributed by atoms with van der Waals surface area (Å²) in [5.74, 6) is 0.653. The molecule has 4 heteroatoms. The van der Waals surface area contributed by atoms with Crippen molar-refractivity contribution in [1.82, 2.24) is 19.9 Å². The minimum Gasteiger partial charge on any atom is -0.263 e. The summed E-state index contributed by atoms with van der Waals surface area (Å²) in [4.78, 5) is 19.7. The molecule has 252 valence electrons. The van der Waals surface area contributed by atoms with Gasteiger partial charge in [0.25, 0.3) is 0 Å². The molecule has 3 heterocycles. The highest BCUT2D eigenvalue weighted by atomic mass is 14.9. The number of aromatic nitrogens is 4. The number of hydrogen-bond donors (Lipinski definition) is 0. The summed E-state index contributed by atoms with van der Waals surface area (Å²) in [6.07, 6.45) is 5.63. The summed E-state index contributed by atoms with van der Waals surface area (Å²) in [5, 5.41) is 7.02. The van der Waals surface area contributed by atoms with Gasteiger partial charge < -0.3 is 0 Å². The Kier molecular flexibility index (Phi) is 7.77. The molecule has 3 aromatic heterocycles. The number of rotatable bonds is 6. The molecule has 0 atom stereocenters. The van der Waals surface area contributed by atoms with Gasteiger partial charge in [0.1, 0.15) is 0 Å². The number of pyridine rings is 2. The molecule has 54 heavy (non-hydrogen) atoms. The minimum atomic E-state index is 0.653. The van der Waals surface area contributed by atoms with Crippen molar-refractivity contribution in [3.63, 3.8) is 0 Å². The van der Waals surface area contributed by atoms with E-state index in [-0.39, 0.29) is 0 Å². The lowest BCUT2D eigenvalue weighted by atomic mass is 9.85. The van der Waals surface area contributed by atoms with Crippen molar-refractivity contribution in [1.29, 1.82) is 0 Å². The zero-order valence-corrected chi connectivity index (χ0v) is 29.3. The Morgan fingerprint density at radius 3 is 1.57 bits per heavy atom. The quantitative estimate of drug-likeness (QED) is 0.163. The lowest BCUT2D eigenvalue weighted by Crippen LogP contribution is -1.97. The summed E-state index contributed by atoms with van der Waals surface area (Å²) in [7, 11) is 0. The van der Waals surface area contributed by atoms with Crippen LogP contribution in [0.3, 0.4) is 0 Å². The van der Waals surface area contributed by atoms with E-state index < -0.39 is 0 Å². The van der Waals surface area contributed by atoms with Crippen molar-refractivity contribution in [3.05, 3.63) is 195 Å². The van der Waals surface area contributed by atoms with E-state index in [2.05, 4.69) is 162 Å². The van der Waals surface area contributed by atoms with Gasteiger partial charge in [0.2, 0.25) is 0 Å². The summed E-state index contributed by atoms with van der Waals surface area (Å²) in [6.45, 7) is 0. The summed E-state index contributed by atoms with van der Waals surface area (Å²) < 4.78 is 0. The average molecular weight is 689 g/mol. The maximum Gasteiger partial charge on any atom is 0.160 e. The first-order valence-electron chi connectivity index (χ1n) is 18.1. The predicted molar refractivity (Wildman–Crippen MR) is 223 cm³/mol. The predicted octanol–water partition coefficient (Wildman–Crippen LogP) is 12.7. The van der Waals surface area contributed by atoms with Crippen molar-refractivity contribution in [3.8, 4) is 67.4 Å². The van der Waals surface area contributed by atoms with Crippen molar-refractivity contribution < 1.29 is 0 Å². The van der Waals surface area contributed by atoms with Gasteiger partial charge in [-0.1, -0.05) is 152 Å². The topological polar surface area (TPSA) is 51.6 Å². The molecule has 0 unspecified atom stereocenters. The van der Waals surface area contributed by atoms with E-state index in [0.717, 1.165) is 55.7 Å². The molecule has 0 fully saturated rings. The molecular formula is C50H32N4. The second kappa shape index (κ2) is 13.4. The van der Waals surface area contributed by atoms with Crippen molar-refractivity contribution >= 4 is 32.3 Å². The van der Waals surface area contributed by atoms with E-state index in [1.807, 2.05) is 42.9 Å². The van der Waals surface area contributed by atoms with Crippen LogP contribution in [0.1, 0.15) is 0 Å². The van der Waals surface area contributed by atoms with Gasteiger partial charge in [-0.2, -0.15) is 0 Å². The molecule has 0 saturated heterocycles. The smallest absolute Gasteiger partial charge is 0.160 e. The Labute approximate surface area is 313 Å². The molecule has 4 nitrogen and oxygen atoms in total. The number of fused-ring (bicyclic) bond motifs is 3. The van der Waals surface area contributed by atoms with Gasteiger partial charge in [-0.3, -0.25) is 9.97 Å². The minimum absolute atomic E-state index is 0.653. The maximum atomic E-state index is 5.27. The second-order valence-corrected chi connectivity index (χ2v) is 13.5. The fraction of sp³-hybridized carbons (Fsp3) is 0. The van der Waals surface area contributed by atoms with Crippen molar-refractivity contribution in [2.45, 2.75) is 0 Å². The number of nitrogens with zero attached hydrogens (tertiary/aromatic N) is 4. The zero-order valence-electron chi connectivity index (χ0n) is 29.3. The molecule has 0 amide bonds. The van der Waals surface area contributed by atoms with E-state index in [1.54, 1.807) is 0 Å². The summed E-state index contributed by atoms with van der Waals surface area (Å²) in [5.41, 5.74) is 11.3. The van der Waals surface area contributed by atoms with Crippen LogP contribution in [0.25, 0.3) is 99.7 Å². The van der Waals surface area contributed by atoms with E-state index in [0.29, 0.717) is 5.82 Å². The molecule has 7 aromatic carbocycles. The molecule has 0 aliphatic heterocycles. The molecule has 0 N–H and O–H groups in total. The van der Waals surface area contributed by atoms with Crippen LogP contribution in [0.5, 0.6) is 0 Å². The van der Waals surface area contributed by atoms with E-state index in [4.69, 9.17) is 9.97 Å². The Hall–Kier alpha value is -7.30. The lowest BCUT2D eigenvalue weighted by molar-refractivity contribution is 1.18. The van der Waals surface area contributed by atoms with Crippen LogP contribution in [0.2, 0.25) is 0 Å². The normalized spacial score (nSPS) is 11.3. The van der Waals surface area contributed by atoms with Crippen molar-refractivity contribution in [2.24, 2.45) is 0 Å². The third kappa shape index (κ3) is 5.58. The monoisotopic (exact) mass is 688 g/mol. The molecule has 0 saturated carbocycles. The fourth-order valence-electron chi connectivity index (χ4n) is 7.70. The van der Waals surface area contributed by atoms with Crippen LogP contribution in [0.15, 0.2) is 195 Å². The van der Waals surface area contributed by atoms with Gasteiger partial charge in [-0.15, -0.1) is 0 Å². The Balaban J connectivity index is 1.17. The summed E-state index contributed by atoms with van der Waals surface area (Å²) >= 11 is 0. The molecule has 10 rings (SSSR count). The third-order valence-corrected chi connectivity index (χ3v) is 10.2. The molecule has 0 spiro atoms. The maximum absolute atomic E-state index is 5.27. The molecule has 0 radical (unpaired) electrons. The third-order valence-electron chi connectivity index (χ3n) is 10.2. The van der Waals surface area contributed by atoms with Crippen LogP contribution in [0.4, 0.5) is 0 Å². The zero-order chi connectivity index (χ0) is 35.8. The van der Waals surface area contributed by atoms with E-state index >= 15 is 0 Å². The highest BCUT2D eigenvalue weighted by Gasteiger charge is 2.18. The fourth-order valence-corrected chi connectivity index (χ4v) is 7.70. The van der Waals surface area contributed by atoms with Gasteiger partial charge in [0, 0.05) is 46.2 Å². The first-order valence-corrected chi connectivity index (χ1v) is 18.1. The van der Waals surface area contributed by atoms with Crippen LogP contribution >= 0.6 is 0 Å². The van der Waals surface area contributed by atoms with Gasteiger partial charge in [0.15, 0.2) is 5.82 Å². The Bertz CT molecular complexity index is 2910. The largest absolute Gasteiger partial charge is 0.263 e. The molecule has 0 aliphatic carbocycles. The SMILES string of the molecule is c1ccc(-c2c3ccccc3c(-c3cccc(-c4nc(-c5ccc(-c6ccccn6)cc5)cc(-c5cncc6ccccc56)n4)c3)c3ccccc23)cc1. The van der Waals surface area contributed by atoms with E-state index in [1.165, 1.54) is 38.2 Å². The van der Waals surface area contributed by atoms with Gasteiger partial charge in [-0.05, 0) is 73.5 Å². The van der Waals surface area contributed by atoms with Gasteiger partial charge in [-0.25, -0.2) is 9.97 Å². The molecule has 0 bridgehead atoms. The van der Waals surface area contributed by atoms with Crippen molar-refractivity contribution in [2.75, 3.05) is 0 Å². The Morgan fingerprint density at radius 1 is 0.333 bits per heavy atom. The highest BCUT2D eigenvalue weighted by molar-refractivity contribution is 6.21. The van der Waals surface area contributed by atoms with Crippen LogP contribution in [-0.2, 0) is 0 Å². The first kappa shape index (κ1) is 31.4. The summed E-state index contributed by atoms with van der Waals surface area (Å²) in [6, 6.07) is 61.7. The number of benzene rings is 7. The first-order chi connectivity index (χ1) is 26.8. The van der Waals surface area contributed by atoms with Crippen LogP contribution < -0.4 is 0 Å². The lowest BCUT2D eigenvalue weighted by Gasteiger charge is -2.18. The highest BCUT2D eigenvalue weighted by Crippen LogP contribution is 2.44. The van der Waals surface area contributed by atoms with E-state index in [9.17, 15) is 0 Å². The Morgan fingerprint density at radius 2 is 0.889 bits per heavy atom. The second-order valence-electron chi connectivity index (χ2n) is 13.5. The molecule has 10 aromatic rings. The average Bonchev–Trinajstić information content (AvgIpc) is 3.26. The van der Waals surface area contributed by atoms with Crippen LogP contribution in [-0.4, -0.2) is 19.9 Å². The van der Waals surface area contributed by atoms with Crippen LogP contribution in [0, 0.1) is 0 Å². The van der Waals surface area contributed by atoms with Gasteiger partial charge >= 0.3 is 0 Å². The number of hydrogen-bond acceptors (Lipinski definition) is 4. The molecule has 0 aliphatic rings. The molecular weight excluding hydrogens is 657 g/mol. The van der Waals surface area contributed by atoms with Gasteiger partial charge in [0.05, 0.1) is 17.1 Å².